The lowest BCUT2D eigenvalue weighted by Crippen LogP contribution is -2.23. The minimum Gasteiger partial charge on any atom is -0.392 e. The van der Waals surface area contributed by atoms with Crippen LogP contribution in [0.15, 0.2) is 47.4 Å². The van der Waals surface area contributed by atoms with Gasteiger partial charge in [-0.1, -0.05) is 30.4 Å². The predicted octanol–water partition coefficient (Wildman–Crippen LogP) is 3.64. The van der Waals surface area contributed by atoms with Gasteiger partial charge in [-0.15, -0.1) is 11.8 Å². The Labute approximate surface area is 102 Å². The van der Waals surface area contributed by atoms with Crippen molar-refractivity contribution in [3.8, 4) is 0 Å². The Morgan fingerprint density at radius 1 is 1.00 bits per heavy atom. The number of rotatable bonds is 2. The van der Waals surface area contributed by atoms with Gasteiger partial charge in [-0.3, -0.25) is 0 Å². The minimum atomic E-state index is -0.171. The molecule has 2 heteroatoms. The molecule has 0 aliphatic heterocycles. The Morgan fingerprint density at radius 3 is 2.44 bits per heavy atom. The molecule has 0 saturated heterocycles. The van der Waals surface area contributed by atoms with Crippen LogP contribution in [0.3, 0.4) is 0 Å². The molecule has 1 aromatic rings. The monoisotopic (exact) mass is 234 g/mol. The average molecular weight is 234 g/mol. The summed E-state index contributed by atoms with van der Waals surface area (Å²) in [7, 11) is 0. The van der Waals surface area contributed by atoms with Crippen LogP contribution < -0.4 is 0 Å². The van der Waals surface area contributed by atoms with Gasteiger partial charge in [0.05, 0.1) is 6.10 Å². The first-order valence-electron chi connectivity index (χ1n) is 5.91. The quantitative estimate of drug-likeness (QED) is 0.788. The molecule has 1 unspecified atom stereocenters. The highest BCUT2D eigenvalue weighted by Gasteiger charge is 2.20. The van der Waals surface area contributed by atoms with Crippen LogP contribution >= 0.6 is 11.8 Å². The third-order valence-corrected chi connectivity index (χ3v) is 4.27. The average Bonchev–Trinajstić information content (AvgIpc) is 2.30. The van der Waals surface area contributed by atoms with Crippen LogP contribution in [0.1, 0.15) is 25.7 Å². The summed E-state index contributed by atoms with van der Waals surface area (Å²) in [6.07, 6.45) is 8.30. The van der Waals surface area contributed by atoms with Gasteiger partial charge in [-0.05, 0) is 37.8 Å². The van der Waals surface area contributed by atoms with Gasteiger partial charge >= 0.3 is 0 Å². The Balaban J connectivity index is 1.99. The highest BCUT2D eigenvalue weighted by atomic mass is 32.2. The fourth-order valence-electron chi connectivity index (χ4n) is 1.95. The normalized spacial score (nSPS) is 28.1. The van der Waals surface area contributed by atoms with Crippen molar-refractivity contribution in [3.63, 3.8) is 0 Å². The molecular weight excluding hydrogens is 216 g/mol. The second-order valence-electron chi connectivity index (χ2n) is 4.16. The van der Waals surface area contributed by atoms with Gasteiger partial charge in [0.1, 0.15) is 0 Å². The lowest BCUT2D eigenvalue weighted by Gasteiger charge is -2.23. The van der Waals surface area contributed by atoms with Gasteiger partial charge in [-0.2, -0.15) is 0 Å². The van der Waals surface area contributed by atoms with E-state index in [0.717, 1.165) is 25.7 Å². The molecule has 86 valence electrons. The standard InChI is InChI=1S/C14H18OS/c15-13-10-6-1-2-7-11-14(13)16-12-8-4-3-5-9-12/h1-5,8-9,13-15H,6-7,10-11H2/b2-1-/t13?,14-/m1/s1. The van der Waals surface area contributed by atoms with Crippen molar-refractivity contribution in [2.75, 3.05) is 0 Å². The van der Waals surface area contributed by atoms with Crippen LogP contribution in [0.5, 0.6) is 0 Å². The van der Waals surface area contributed by atoms with Crippen molar-refractivity contribution in [1.82, 2.24) is 0 Å². The zero-order valence-corrected chi connectivity index (χ0v) is 10.2. The van der Waals surface area contributed by atoms with Crippen molar-refractivity contribution >= 4 is 11.8 Å². The van der Waals surface area contributed by atoms with E-state index in [1.165, 1.54) is 4.90 Å². The van der Waals surface area contributed by atoms with E-state index in [1.54, 1.807) is 0 Å². The molecule has 1 aromatic carbocycles. The molecule has 0 radical (unpaired) electrons. The molecule has 0 heterocycles. The van der Waals surface area contributed by atoms with Gasteiger partial charge in [0.25, 0.3) is 0 Å². The Bertz CT molecular complexity index is 334. The summed E-state index contributed by atoms with van der Waals surface area (Å²) < 4.78 is 0. The number of hydrogen-bond donors (Lipinski definition) is 1. The molecule has 2 atom stereocenters. The number of benzene rings is 1. The summed E-state index contributed by atoms with van der Waals surface area (Å²) in [5, 5.41) is 10.4. The van der Waals surface area contributed by atoms with Gasteiger partial charge in [0.15, 0.2) is 0 Å². The van der Waals surface area contributed by atoms with E-state index in [1.807, 2.05) is 17.8 Å². The third kappa shape index (κ3) is 3.39. The van der Waals surface area contributed by atoms with Crippen molar-refractivity contribution in [2.24, 2.45) is 0 Å². The maximum Gasteiger partial charge on any atom is 0.0665 e. The van der Waals surface area contributed by atoms with Crippen molar-refractivity contribution in [1.29, 1.82) is 0 Å². The molecule has 16 heavy (non-hydrogen) atoms. The van der Waals surface area contributed by atoms with E-state index in [9.17, 15) is 5.11 Å². The Kier molecular flexibility index (Phi) is 4.49. The van der Waals surface area contributed by atoms with Crippen molar-refractivity contribution in [2.45, 2.75) is 41.9 Å². The number of allylic oxidation sites excluding steroid dienone is 2. The van der Waals surface area contributed by atoms with Crippen LogP contribution in [0.4, 0.5) is 0 Å². The van der Waals surface area contributed by atoms with Gasteiger partial charge in [0, 0.05) is 10.1 Å². The lowest BCUT2D eigenvalue weighted by molar-refractivity contribution is 0.158. The van der Waals surface area contributed by atoms with Gasteiger partial charge in [0.2, 0.25) is 0 Å². The van der Waals surface area contributed by atoms with Crippen LogP contribution in [0.25, 0.3) is 0 Å². The number of thioether (sulfide) groups is 1. The third-order valence-electron chi connectivity index (χ3n) is 2.87. The summed E-state index contributed by atoms with van der Waals surface area (Å²) >= 11 is 1.81. The molecule has 0 bridgehead atoms. The second-order valence-corrected chi connectivity index (χ2v) is 5.48. The molecule has 2 rings (SSSR count). The van der Waals surface area contributed by atoms with Gasteiger partial charge in [-0.25, -0.2) is 0 Å². The number of aliphatic hydroxyl groups is 1. The molecule has 1 N–H and O–H groups in total. The maximum absolute atomic E-state index is 10.1. The highest BCUT2D eigenvalue weighted by molar-refractivity contribution is 8.00. The smallest absolute Gasteiger partial charge is 0.0665 e. The first kappa shape index (κ1) is 11.7. The zero-order valence-electron chi connectivity index (χ0n) is 9.38. The van der Waals surface area contributed by atoms with Crippen LogP contribution in [-0.4, -0.2) is 16.5 Å². The Morgan fingerprint density at radius 2 is 1.69 bits per heavy atom. The van der Waals surface area contributed by atoms with E-state index >= 15 is 0 Å². The fraction of sp³-hybridized carbons (Fsp3) is 0.429. The van der Waals surface area contributed by atoms with Crippen LogP contribution in [0, 0.1) is 0 Å². The summed E-state index contributed by atoms with van der Waals surface area (Å²) in [6.45, 7) is 0. The molecular formula is C14H18OS. The van der Waals surface area contributed by atoms with E-state index in [4.69, 9.17) is 0 Å². The first-order chi connectivity index (χ1) is 7.86. The van der Waals surface area contributed by atoms with E-state index in [0.29, 0.717) is 5.25 Å². The van der Waals surface area contributed by atoms with Crippen LogP contribution in [0.2, 0.25) is 0 Å². The zero-order chi connectivity index (χ0) is 11.2. The topological polar surface area (TPSA) is 20.2 Å². The molecule has 0 aromatic heterocycles. The summed E-state index contributed by atoms with van der Waals surface area (Å²) in [6, 6.07) is 10.4. The molecule has 1 nitrogen and oxygen atoms in total. The summed E-state index contributed by atoms with van der Waals surface area (Å²) in [4.78, 5) is 1.26. The number of hydrogen-bond acceptors (Lipinski definition) is 2. The molecule has 0 amide bonds. The Hall–Kier alpha value is -0.730. The summed E-state index contributed by atoms with van der Waals surface area (Å²) in [5.41, 5.74) is 0. The van der Waals surface area contributed by atoms with E-state index < -0.39 is 0 Å². The van der Waals surface area contributed by atoms with Crippen molar-refractivity contribution < 1.29 is 5.11 Å². The van der Waals surface area contributed by atoms with Gasteiger partial charge < -0.3 is 5.11 Å². The fourth-order valence-corrected chi connectivity index (χ4v) is 3.16. The highest BCUT2D eigenvalue weighted by Crippen LogP contribution is 2.30. The summed E-state index contributed by atoms with van der Waals surface area (Å²) in [5.74, 6) is 0. The first-order valence-corrected chi connectivity index (χ1v) is 6.79. The van der Waals surface area contributed by atoms with E-state index in [2.05, 4.69) is 36.4 Å². The molecule has 0 fully saturated rings. The van der Waals surface area contributed by atoms with Crippen LogP contribution in [-0.2, 0) is 0 Å². The molecule has 1 aliphatic carbocycles. The molecule has 0 saturated carbocycles. The second kappa shape index (κ2) is 6.12. The molecule has 1 aliphatic rings. The minimum absolute atomic E-state index is 0.171. The van der Waals surface area contributed by atoms with E-state index in [-0.39, 0.29) is 6.10 Å². The molecule has 0 spiro atoms. The SMILES string of the molecule is OC1CC/C=C\CC[C@H]1Sc1ccccc1. The largest absolute Gasteiger partial charge is 0.392 e. The maximum atomic E-state index is 10.1. The lowest BCUT2D eigenvalue weighted by atomic mass is 10.0. The number of aliphatic hydroxyl groups excluding tert-OH is 1. The van der Waals surface area contributed by atoms with Crippen molar-refractivity contribution in [3.05, 3.63) is 42.5 Å². The predicted molar refractivity (Wildman–Crippen MR) is 69.7 cm³/mol.